The van der Waals surface area contributed by atoms with Gasteiger partial charge in [0.2, 0.25) is 5.78 Å². The molecule has 0 saturated heterocycles. The number of aliphatic hydroxyl groups excluding tert-OH is 2. The minimum absolute atomic E-state index is 0.0259. The molecule has 0 aliphatic heterocycles. The molecule has 0 spiro atoms. The molecule has 2 unspecified atom stereocenters. The van der Waals surface area contributed by atoms with Gasteiger partial charge in [-0.15, -0.1) is 0 Å². The van der Waals surface area contributed by atoms with Crippen LogP contribution in [0.1, 0.15) is 23.3 Å². The summed E-state index contributed by atoms with van der Waals surface area (Å²) in [5.41, 5.74) is 3.71. The summed E-state index contributed by atoms with van der Waals surface area (Å²) in [6.45, 7) is 0.567. The molecular weight excluding hydrogens is 506 g/mol. The number of aliphatic hydroxyl groups is 3. The van der Waals surface area contributed by atoms with Crippen LogP contribution in [0.2, 0.25) is 0 Å². The summed E-state index contributed by atoms with van der Waals surface area (Å²) in [6.07, 6.45) is 1.81. The van der Waals surface area contributed by atoms with Gasteiger partial charge in [0.05, 0.1) is 24.4 Å². The molecule has 1 heterocycles. The van der Waals surface area contributed by atoms with Gasteiger partial charge in [-0.3, -0.25) is 19.3 Å². The number of carbonyl (C=O) groups is 3. The van der Waals surface area contributed by atoms with Crippen molar-refractivity contribution in [2.45, 2.75) is 31.0 Å². The third kappa shape index (κ3) is 3.80. The number of ketones is 2. The van der Waals surface area contributed by atoms with Gasteiger partial charge in [0, 0.05) is 17.1 Å². The second-order valence-electron chi connectivity index (χ2n) is 11.0. The quantitative estimate of drug-likeness (QED) is 0.349. The zero-order valence-electron chi connectivity index (χ0n) is 22.1. The monoisotopic (exact) mass is 537 g/mol. The second-order valence-corrected chi connectivity index (χ2v) is 11.0. The molecular formula is C28H31N3O8. The Kier molecular flexibility index (Phi) is 6.21. The number of hydrogen-bond donors (Lipinski definition) is 5. The number of likely N-dealkylation sites (N-methyl/N-ethyl adjacent to an activating group) is 1. The lowest BCUT2D eigenvalue weighted by atomic mass is 9.57. The first-order valence-corrected chi connectivity index (χ1v) is 12.5. The first-order chi connectivity index (χ1) is 18.3. The van der Waals surface area contributed by atoms with Crippen LogP contribution in [0.25, 0.3) is 16.9 Å². The lowest BCUT2D eigenvalue weighted by molar-refractivity contribution is -0.153. The standard InChI is InChI=1S/C28H31N3O8/c1-30(2)10-14-7-13(11-39-14)15-5-6-18(32)20-16(15)8-12-9-17-22(31(3)4)24(34)21(27(29)37)26(36)28(17,38)25(35)19(12)23(20)33/h5-7,11-12,17,22,32-33,36,38H,8-10H2,1-4H3,(H2,29,37)/t12?,17?,22-,28-/m0/s1. The normalized spacial score (nSPS) is 26.7. The van der Waals surface area contributed by atoms with Crippen molar-refractivity contribution in [2.75, 3.05) is 28.2 Å². The Hall–Kier alpha value is -3.93. The molecule has 0 bridgehead atoms. The number of nitrogens with two attached hydrogens (primary N) is 1. The van der Waals surface area contributed by atoms with Crippen LogP contribution in [0.15, 0.2) is 45.8 Å². The molecule has 4 atom stereocenters. The molecule has 1 fully saturated rings. The van der Waals surface area contributed by atoms with Crippen molar-refractivity contribution in [3.63, 3.8) is 0 Å². The van der Waals surface area contributed by atoms with Gasteiger partial charge in [-0.1, -0.05) is 6.07 Å². The van der Waals surface area contributed by atoms with Crippen molar-refractivity contribution in [3.8, 4) is 16.9 Å². The summed E-state index contributed by atoms with van der Waals surface area (Å²) in [5, 5.41) is 44.7. The molecule has 6 N–H and O–H groups in total. The van der Waals surface area contributed by atoms with Crippen molar-refractivity contribution in [1.82, 2.24) is 9.80 Å². The lowest BCUT2D eigenvalue weighted by Gasteiger charge is -2.50. The van der Waals surface area contributed by atoms with Gasteiger partial charge < -0.3 is 35.5 Å². The SMILES string of the molecule is CN(C)Cc1cc(-c2ccc(O)c3c2CC2CC4[C@H](N(C)C)C(=O)C(C(N)=O)=C(O)[C@@]4(O)C(=O)C2=C3O)co1. The molecule has 0 radical (unpaired) electrons. The molecule has 11 nitrogen and oxygen atoms in total. The Morgan fingerprint density at radius 1 is 1.15 bits per heavy atom. The maximum atomic E-state index is 13.9. The summed E-state index contributed by atoms with van der Waals surface area (Å²) >= 11 is 0. The van der Waals surface area contributed by atoms with Gasteiger partial charge in [-0.05, 0) is 70.2 Å². The third-order valence-electron chi connectivity index (χ3n) is 8.04. The van der Waals surface area contributed by atoms with Gasteiger partial charge in [0.15, 0.2) is 11.4 Å². The van der Waals surface area contributed by atoms with Crippen LogP contribution in [0.5, 0.6) is 5.75 Å². The lowest BCUT2D eigenvalue weighted by Crippen LogP contribution is -2.65. The molecule has 3 aliphatic carbocycles. The first kappa shape index (κ1) is 26.7. The van der Waals surface area contributed by atoms with E-state index in [0.29, 0.717) is 23.4 Å². The zero-order chi connectivity index (χ0) is 28.5. The highest BCUT2D eigenvalue weighted by Crippen LogP contribution is 2.53. The Balaban J connectivity index is 1.69. The Bertz CT molecular complexity index is 1480. The number of primary amides is 1. The minimum atomic E-state index is -2.66. The van der Waals surface area contributed by atoms with Gasteiger partial charge in [-0.2, -0.15) is 0 Å². The van der Waals surface area contributed by atoms with E-state index in [0.717, 1.165) is 5.56 Å². The molecule has 11 heteroatoms. The Morgan fingerprint density at radius 3 is 2.46 bits per heavy atom. The Labute approximate surface area is 224 Å². The summed E-state index contributed by atoms with van der Waals surface area (Å²) in [6, 6.07) is 3.84. The molecule has 5 rings (SSSR count). The van der Waals surface area contributed by atoms with Gasteiger partial charge in [0.1, 0.15) is 28.6 Å². The number of rotatable bonds is 5. The van der Waals surface area contributed by atoms with Gasteiger partial charge in [0.25, 0.3) is 5.91 Å². The molecule has 1 saturated carbocycles. The second kappa shape index (κ2) is 9.08. The van der Waals surface area contributed by atoms with Crippen molar-refractivity contribution in [2.24, 2.45) is 17.6 Å². The average molecular weight is 538 g/mol. The number of aromatic hydroxyl groups is 1. The van der Waals surface area contributed by atoms with Crippen LogP contribution in [0, 0.1) is 11.8 Å². The van der Waals surface area contributed by atoms with Crippen LogP contribution in [-0.4, -0.2) is 87.5 Å². The number of carbonyl (C=O) groups excluding carboxylic acids is 3. The fraction of sp³-hybridized carbons (Fsp3) is 0.393. The Morgan fingerprint density at radius 2 is 1.85 bits per heavy atom. The number of benzene rings is 1. The molecule has 3 aliphatic rings. The maximum Gasteiger partial charge on any atom is 0.255 e. The van der Waals surface area contributed by atoms with E-state index in [1.807, 2.05) is 25.1 Å². The molecule has 1 aromatic heterocycles. The van der Waals surface area contributed by atoms with E-state index in [1.54, 1.807) is 26.4 Å². The van der Waals surface area contributed by atoms with E-state index in [2.05, 4.69) is 0 Å². The van der Waals surface area contributed by atoms with E-state index in [9.17, 15) is 34.8 Å². The predicted octanol–water partition coefficient (Wildman–Crippen LogP) is 1.29. The largest absolute Gasteiger partial charge is 0.508 e. The number of phenols is 1. The van der Waals surface area contributed by atoms with Crippen LogP contribution < -0.4 is 5.73 Å². The van der Waals surface area contributed by atoms with Gasteiger partial charge >= 0.3 is 0 Å². The van der Waals surface area contributed by atoms with Crippen LogP contribution in [0.3, 0.4) is 0 Å². The number of Topliss-reactive ketones (excluding diaryl/α,β-unsaturated/α-hetero) is 2. The highest BCUT2D eigenvalue weighted by atomic mass is 16.3. The number of amides is 1. The number of phenolic OH excluding ortho intramolecular Hbond substituents is 1. The topological polar surface area (TPSA) is 178 Å². The van der Waals surface area contributed by atoms with E-state index >= 15 is 0 Å². The van der Waals surface area contributed by atoms with E-state index in [-0.39, 0.29) is 29.7 Å². The number of nitrogens with zero attached hydrogens (tertiary/aromatic N) is 2. The van der Waals surface area contributed by atoms with Crippen molar-refractivity contribution >= 4 is 23.2 Å². The fourth-order valence-electron chi connectivity index (χ4n) is 6.43. The molecule has 206 valence electrons. The summed E-state index contributed by atoms with van der Waals surface area (Å²) in [7, 11) is 6.95. The van der Waals surface area contributed by atoms with Crippen LogP contribution in [0.4, 0.5) is 0 Å². The van der Waals surface area contributed by atoms with Crippen LogP contribution >= 0.6 is 0 Å². The first-order valence-electron chi connectivity index (χ1n) is 12.5. The number of fused-ring (bicyclic) bond motifs is 3. The molecule has 39 heavy (non-hydrogen) atoms. The van der Waals surface area contributed by atoms with Crippen molar-refractivity contribution in [1.29, 1.82) is 0 Å². The summed E-state index contributed by atoms with van der Waals surface area (Å²) < 4.78 is 5.70. The molecule has 2 aromatic rings. The maximum absolute atomic E-state index is 13.9. The highest BCUT2D eigenvalue weighted by Gasteiger charge is 2.64. The average Bonchev–Trinajstić information content (AvgIpc) is 3.28. The summed E-state index contributed by atoms with van der Waals surface area (Å²) in [5.74, 6) is -6.05. The zero-order valence-corrected chi connectivity index (χ0v) is 22.1. The molecule has 1 amide bonds. The third-order valence-corrected chi connectivity index (χ3v) is 8.04. The van der Waals surface area contributed by atoms with Gasteiger partial charge in [-0.25, -0.2) is 0 Å². The molecule has 1 aromatic carbocycles. The van der Waals surface area contributed by atoms with Crippen molar-refractivity contribution in [3.05, 3.63) is 58.3 Å². The fourth-order valence-corrected chi connectivity index (χ4v) is 6.43. The number of hydrogen-bond acceptors (Lipinski definition) is 10. The van der Waals surface area contributed by atoms with Crippen LogP contribution in [-0.2, 0) is 27.3 Å². The van der Waals surface area contributed by atoms with E-state index in [4.69, 9.17) is 10.2 Å². The van der Waals surface area contributed by atoms with E-state index < -0.39 is 58.0 Å². The predicted molar refractivity (Wildman–Crippen MR) is 139 cm³/mol. The minimum Gasteiger partial charge on any atom is -0.508 e. The smallest absolute Gasteiger partial charge is 0.255 e. The number of furan rings is 1. The van der Waals surface area contributed by atoms with Crippen molar-refractivity contribution < 1.29 is 39.2 Å². The highest BCUT2D eigenvalue weighted by molar-refractivity contribution is 6.24. The summed E-state index contributed by atoms with van der Waals surface area (Å²) in [4.78, 5) is 42.6. The van der Waals surface area contributed by atoms with E-state index in [1.165, 1.54) is 11.0 Å².